The van der Waals surface area contributed by atoms with Gasteiger partial charge in [-0.1, -0.05) is 36.4 Å². The van der Waals surface area contributed by atoms with Crippen LogP contribution in [0, 0.1) is 13.8 Å². The maximum atomic E-state index is 3.60. The van der Waals surface area contributed by atoms with Gasteiger partial charge in [-0.05, 0) is 43.0 Å². The third-order valence-corrected chi connectivity index (χ3v) is 3.85. The second kappa shape index (κ2) is 4.96. The summed E-state index contributed by atoms with van der Waals surface area (Å²) in [4.78, 5) is 0. The molecule has 0 fully saturated rings. The molecule has 0 saturated carbocycles. The minimum absolute atomic E-state index is 0.483. The summed E-state index contributed by atoms with van der Waals surface area (Å²) in [5.74, 6) is 0. The molecule has 1 atom stereocenters. The van der Waals surface area contributed by atoms with E-state index in [0.29, 0.717) is 6.04 Å². The lowest BCUT2D eigenvalue weighted by Gasteiger charge is -2.17. The molecule has 0 unspecified atom stereocenters. The lowest BCUT2D eigenvalue weighted by atomic mass is 10.1. The standard InChI is InChI=1S/C17H20N2/c1-12-6-5-7-13(2)17(12)18-11-15-10-14-8-3-4-9-16(14)19-15/h3-9,15,18-19H,10-11H2,1-2H3/t15-/m0/s1. The van der Waals surface area contributed by atoms with E-state index in [1.165, 1.54) is 28.1 Å². The third kappa shape index (κ3) is 2.43. The normalized spacial score (nSPS) is 16.8. The summed E-state index contributed by atoms with van der Waals surface area (Å²) in [5.41, 5.74) is 6.62. The molecule has 1 aliphatic heterocycles. The number of hydrogen-bond donors (Lipinski definition) is 2. The average molecular weight is 252 g/mol. The van der Waals surface area contributed by atoms with Gasteiger partial charge in [0.15, 0.2) is 0 Å². The van der Waals surface area contributed by atoms with Crippen LogP contribution < -0.4 is 10.6 Å². The molecule has 0 aromatic heterocycles. The van der Waals surface area contributed by atoms with Crippen LogP contribution in [0.5, 0.6) is 0 Å². The van der Waals surface area contributed by atoms with Crippen molar-refractivity contribution in [1.82, 2.24) is 0 Å². The molecule has 3 rings (SSSR count). The number of fused-ring (bicyclic) bond motifs is 1. The molecule has 0 saturated heterocycles. The number of aryl methyl sites for hydroxylation is 2. The largest absolute Gasteiger partial charge is 0.383 e. The Morgan fingerprint density at radius 1 is 1.05 bits per heavy atom. The van der Waals surface area contributed by atoms with Gasteiger partial charge in [-0.15, -0.1) is 0 Å². The highest BCUT2D eigenvalue weighted by molar-refractivity contribution is 5.59. The van der Waals surface area contributed by atoms with E-state index in [1.54, 1.807) is 0 Å². The summed E-state index contributed by atoms with van der Waals surface area (Å²) < 4.78 is 0. The molecule has 2 aromatic carbocycles. The van der Waals surface area contributed by atoms with Gasteiger partial charge in [-0.25, -0.2) is 0 Å². The summed E-state index contributed by atoms with van der Waals surface area (Å²) in [6.07, 6.45) is 1.11. The summed E-state index contributed by atoms with van der Waals surface area (Å²) in [6, 6.07) is 15.5. The Hall–Kier alpha value is -1.96. The Morgan fingerprint density at radius 2 is 1.79 bits per heavy atom. The second-order valence-electron chi connectivity index (χ2n) is 5.35. The fraction of sp³-hybridized carbons (Fsp3) is 0.294. The van der Waals surface area contributed by atoms with Gasteiger partial charge in [0.1, 0.15) is 0 Å². The molecule has 0 radical (unpaired) electrons. The number of hydrogen-bond acceptors (Lipinski definition) is 2. The molecule has 2 N–H and O–H groups in total. The first-order valence-electron chi connectivity index (χ1n) is 6.88. The molecule has 1 aliphatic rings. The molecule has 98 valence electrons. The van der Waals surface area contributed by atoms with Gasteiger partial charge in [-0.2, -0.15) is 0 Å². The topological polar surface area (TPSA) is 24.1 Å². The number of para-hydroxylation sites is 2. The summed E-state index contributed by atoms with van der Waals surface area (Å²) in [6.45, 7) is 5.28. The quantitative estimate of drug-likeness (QED) is 0.869. The molecule has 0 amide bonds. The molecule has 2 heteroatoms. The maximum absolute atomic E-state index is 3.60. The van der Waals surface area contributed by atoms with Crippen molar-refractivity contribution < 1.29 is 0 Å². The van der Waals surface area contributed by atoms with Crippen LogP contribution in [-0.2, 0) is 6.42 Å². The fourth-order valence-electron chi connectivity index (χ4n) is 2.82. The molecule has 2 aromatic rings. The number of benzene rings is 2. The van der Waals surface area contributed by atoms with Crippen molar-refractivity contribution in [3.63, 3.8) is 0 Å². The SMILES string of the molecule is Cc1cccc(C)c1NC[C@@H]1Cc2ccccc2N1. The van der Waals surface area contributed by atoms with Crippen LogP contribution in [0.1, 0.15) is 16.7 Å². The molecule has 2 nitrogen and oxygen atoms in total. The highest BCUT2D eigenvalue weighted by Crippen LogP contribution is 2.26. The van der Waals surface area contributed by atoms with Gasteiger partial charge in [-0.3, -0.25) is 0 Å². The minimum Gasteiger partial charge on any atom is -0.383 e. The van der Waals surface area contributed by atoms with E-state index in [0.717, 1.165) is 13.0 Å². The summed E-state index contributed by atoms with van der Waals surface area (Å²) in [7, 11) is 0. The summed E-state index contributed by atoms with van der Waals surface area (Å²) in [5, 5.41) is 7.18. The van der Waals surface area contributed by atoms with E-state index in [9.17, 15) is 0 Å². The molecular formula is C17H20N2. The molecule has 19 heavy (non-hydrogen) atoms. The fourth-order valence-corrected chi connectivity index (χ4v) is 2.82. The maximum Gasteiger partial charge on any atom is 0.0475 e. The van der Waals surface area contributed by atoms with Gasteiger partial charge in [0.2, 0.25) is 0 Å². The number of nitrogens with one attached hydrogen (secondary N) is 2. The smallest absolute Gasteiger partial charge is 0.0475 e. The zero-order valence-corrected chi connectivity index (χ0v) is 11.5. The third-order valence-electron chi connectivity index (χ3n) is 3.85. The zero-order chi connectivity index (χ0) is 13.2. The van der Waals surface area contributed by atoms with Crippen molar-refractivity contribution in [2.75, 3.05) is 17.2 Å². The first-order chi connectivity index (χ1) is 9.24. The average Bonchev–Trinajstić information content (AvgIpc) is 2.81. The lowest BCUT2D eigenvalue weighted by molar-refractivity contribution is 0.786. The van der Waals surface area contributed by atoms with Crippen LogP contribution >= 0.6 is 0 Å². The van der Waals surface area contributed by atoms with Crippen molar-refractivity contribution >= 4 is 11.4 Å². The van der Waals surface area contributed by atoms with E-state index < -0.39 is 0 Å². The molecule has 0 spiro atoms. The number of rotatable bonds is 3. The molecular weight excluding hydrogens is 232 g/mol. The number of anilines is 2. The predicted molar refractivity (Wildman–Crippen MR) is 82.0 cm³/mol. The van der Waals surface area contributed by atoms with Crippen LogP contribution in [0.4, 0.5) is 11.4 Å². The van der Waals surface area contributed by atoms with Crippen LogP contribution in [0.3, 0.4) is 0 Å². The lowest BCUT2D eigenvalue weighted by Crippen LogP contribution is -2.26. The van der Waals surface area contributed by atoms with Crippen molar-refractivity contribution in [3.8, 4) is 0 Å². The van der Waals surface area contributed by atoms with Crippen molar-refractivity contribution in [1.29, 1.82) is 0 Å². The Morgan fingerprint density at radius 3 is 2.53 bits per heavy atom. The van der Waals surface area contributed by atoms with E-state index >= 15 is 0 Å². The van der Waals surface area contributed by atoms with Crippen LogP contribution in [0.2, 0.25) is 0 Å². The van der Waals surface area contributed by atoms with Crippen molar-refractivity contribution in [2.45, 2.75) is 26.3 Å². The highest BCUT2D eigenvalue weighted by atomic mass is 15.0. The highest BCUT2D eigenvalue weighted by Gasteiger charge is 2.19. The second-order valence-corrected chi connectivity index (χ2v) is 5.35. The van der Waals surface area contributed by atoms with E-state index in [1.807, 2.05) is 0 Å². The Bertz CT molecular complexity index is 544. The van der Waals surface area contributed by atoms with Crippen molar-refractivity contribution in [2.24, 2.45) is 0 Å². The Balaban J connectivity index is 1.66. The van der Waals surface area contributed by atoms with Crippen LogP contribution in [-0.4, -0.2) is 12.6 Å². The van der Waals surface area contributed by atoms with Crippen LogP contribution in [0.25, 0.3) is 0 Å². The molecule has 0 bridgehead atoms. The first kappa shape index (κ1) is 12.1. The first-order valence-corrected chi connectivity index (χ1v) is 6.88. The van der Waals surface area contributed by atoms with Crippen molar-refractivity contribution in [3.05, 3.63) is 59.2 Å². The summed E-state index contributed by atoms with van der Waals surface area (Å²) >= 11 is 0. The van der Waals surface area contributed by atoms with Gasteiger partial charge in [0.05, 0.1) is 0 Å². The van der Waals surface area contributed by atoms with E-state index in [2.05, 4.69) is 66.9 Å². The van der Waals surface area contributed by atoms with Gasteiger partial charge < -0.3 is 10.6 Å². The minimum atomic E-state index is 0.483. The van der Waals surface area contributed by atoms with Gasteiger partial charge in [0, 0.05) is 24.0 Å². The van der Waals surface area contributed by atoms with Gasteiger partial charge in [0.25, 0.3) is 0 Å². The zero-order valence-electron chi connectivity index (χ0n) is 11.5. The molecule has 0 aliphatic carbocycles. The Labute approximate surface area is 114 Å². The molecule has 1 heterocycles. The van der Waals surface area contributed by atoms with E-state index in [4.69, 9.17) is 0 Å². The van der Waals surface area contributed by atoms with E-state index in [-0.39, 0.29) is 0 Å². The predicted octanol–water partition coefficient (Wildman–Crippen LogP) is 3.75. The van der Waals surface area contributed by atoms with Gasteiger partial charge >= 0.3 is 0 Å². The Kier molecular flexibility index (Phi) is 3.16. The van der Waals surface area contributed by atoms with Crippen LogP contribution in [0.15, 0.2) is 42.5 Å². The monoisotopic (exact) mass is 252 g/mol.